The summed E-state index contributed by atoms with van der Waals surface area (Å²) in [5, 5.41) is 10.3. The summed E-state index contributed by atoms with van der Waals surface area (Å²) < 4.78 is 31.2. The predicted molar refractivity (Wildman–Crippen MR) is 124 cm³/mol. The highest BCUT2D eigenvalue weighted by Crippen LogP contribution is 2.39. The number of ether oxygens (including phenoxy) is 1. The number of nitrogens with two attached hydrogens (primary N) is 1. The Morgan fingerprint density at radius 3 is 2.33 bits per heavy atom. The third kappa shape index (κ3) is 4.27. The molecule has 0 aliphatic rings. The van der Waals surface area contributed by atoms with Gasteiger partial charge in [-0.15, -0.1) is 0 Å². The summed E-state index contributed by atoms with van der Waals surface area (Å²) in [7, 11) is -3.31. The molecule has 1 aromatic heterocycles. The van der Waals surface area contributed by atoms with Gasteiger partial charge >= 0.3 is 5.97 Å². The van der Waals surface area contributed by atoms with Crippen molar-refractivity contribution in [2.24, 2.45) is 5.73 Å². The van der Waals surface area contributed by atoms with Gasteiger partial charge in [0.15, 0.2) is 16.4 Å². The maximum Gasteiger partial charge on any atom is 0.341 e. The lowest BCUT2D eigenvalue weighted by Gasteiger charge is -2.11. The van der Waals surface area contributed by atoms with Gasteiger partial charge in [0.2, 0.25) is 5.91 Å². The van der Waals surface area contributed by atoms with E-state index in [-0.39, 0.29) is 4.90 Å². The molecule has 0 saturated heterocycles. The molecular weight excluding hydrogens is 444 g/mol. The molecule has 0 spiro atoms. The molecule has 0 atom stereocenters. The molecule has 1 heterocycles. The highest BCUT2D eigenvalue weighted by Gasteiger charge is 2.21. The van der Waals surface area contributed by atoms with E-state index in [1.165, 1.54) is 0 Å². The second-order valence-electron chi connectivity index (χ2n) is 7.91. The standard InChI is InChI=1S/C24H22N2O6S/c1-14-10-19-23(20(11-14)32-13-21(27)28)22-17(24(25)29)4-3-5-18(22)26(19)12-15-6-8-16(9-7-15)33(2,30)31/h3-11H,12-13H2,1-2H3,(H2,25,29)(H,27,28). The average molecular weight is 467 g/mol. The Bertz CT molecular complexity index is 1520. The van der Waals surface area contributed by atoms with E-state index >= 15 is 0 Å². The summed E-state index contributed by atoms with van der Waals surface area (Å²) >= 11 is 0. The molecule has 0 aliphatic carbocycles. The molecule has 1 amide bonds. The van der Waals surface area contributed by atoms with Gasteiger partial charge in [0, 0.05) is 23.8 Å². The first-order valence-electron chi connectivity index (χ1n) is 10.0. The zero-order valence-electron chi connectivity index (χ0n) is 18.0. The largest absolute Gasteiger partial charge is 0.481 e. The second-order valence-corrected chi connectivity index (χ2v) is 9.92. The van der Waals surface area contributed by atoms with Crippen LogP contribution in [0, 0.1) is 6.92 Å². The molecular formula is C24H22N2O6S. The summed E-state index contributed by atoms with van der Waals surface area (Å²) in [4.78, 5) is 23.6. The number of rotatable bonds is 7. The van der Waals surface area contributed by atoms with Crippen LogP contribution < -0.4 is 10.5 Å². The number of carboxylic acids is 1. The van der Waals surface area contributed by atoms with Crippen LogP contribution in [-0.2, 0) is 21.2 Å². The molecule has 0 radical (unpaired) electrons. The molecule has 0 bridgehead atoms. The molecule has 8 nitrogen and oxygen atoms in total. The van der Waals surface area contributed by atoms with E-state index in [0.29, 0.717) is 28.6 Å². The number of amides is 1. The van der Waals surface area contributed by atoms with Crippen molar-refractivity contribution in [3.05, 3.63) is 71.3 Å². The molecule has 0 unspecified atom stereocenters. The van der Waals surface area contributed by atoms with Gasteiger partial charge in [0.1, 0.15) is 5.75 Å². The molecule has 0 saturated carbocycles. The van der Waals surface area contributed by atoms with Crippen LogP contribution in [0.5, 0.6) is 5.75 Å². The van der Waals surface area contributed by atoms with Gasteiger partial charge in [-0.2, -0.15) is 0 Å². The van der Waals surface area contributed by atoms with E-state index in [0.717, 1.165) is 28.4 Å². The number of carboxylic acid groups (broad SMARTS) is 1. The molecule has 9 heteroatoms. The Balaban J connectivity index is 1.98. The maximum absolute atomic E-state index is 12.2. The van der Waals surface area contributed by atoms with Crippen molar-refractivity contribution in [3.63, 3.8) is 0 Å². The van der Waals surface area contributed by atoms with Crippen LogP contribution in [0.3, 0.4) is 0 Å². The Labute approximate surface area is 190 Å². The summed E-state index contributed by atoms with van der Waals surface area (Å²) in [5.41, 5.74) is 9.11. The number of hydrogen-bond donors (Lipinski definition) is 2. The topological polar surface area (TPSA) is 129 Å². The lowest BCUT2D eigenvalue weighted by molar-refractivity contribution is -0.139. The quantitative estimate of drug-likeness (QED) is 0.431. The number of benzene rings is 3. The van der Waals surface area contributed by atoms with Gasteiger partial charge in [0.05, 0.1) is 21.3 Å². The molecule has 4 aromatic rings. The molecule has 170 valence electrons. The van der Waals surface area contributed by atoms with E-state index in [4.69, 9.17) is 15.6 Å². The van der Waals surface area contributed by atoms with Gasteiger partial charge in [0.25, 0.3) is 0 Å². The smallest absolute Gasteiger partial charge is 0.341 e. The number of aryl methyl sites for hydroxylation is 1. The van der Waals surface area contributed by atoms with Crippen LogP contribution in [0.1, 0.15) is 21.5 Å². The minimum absolute atomic E-state index is 0.227. The lowest BCUT2D eigenvalue weighted by atomic mass is 10.0. The molecule has 3 N–H and O–H groups in total. The lowest BCUT2D eigenvalue weighted by Crippen LogP contribution is -2.11. The van der Waals surface area contributed by atoms with E-state index in [1.807, 2.05) is 23.6 Å². The number of sulfone groups is 1. The van der Waals surface area contributed by atoms with Gasteiger partial charge in [-0.25, -0.2) is 13.2 Å². The molecule has 3 aromatic carbocycles. The van der Waals surface area contributed by atoms with Gasteiger partial charge in [-0.3, -0.25) is 4.79 Å². The second kappa shape index (κ2) is 8.25. The monoisotopic (exact) mass is 466 g/mol. The molecule has 33 heavy (non-hydrogen) atoms. The number of aliphatic carboxylic acids is 1. The minimum Gasteiger partial charge on any atom is -0.481 e. The van der Waals surface area contributed by atoms with Crippen molar-refractivity contribution in [2.75, 3.05) is 12.9 Å². The Morgan fingerprint density at radius 1 is 1.03 bits per heavy atom. The fourth-order valence-electron chi connectivity index (χ4n) is 4.01. The van der Waals surface area contributed by atoms with E-state index in [1.54, 1.807) is 42.5 Å². The first-order valence-corrected chi connectivity index (χ1v) is 11.9. The fraction of sp³-hybridized carbons (Fsp3) is 0.167. The third-order valence-corrected chi connectivity index (χ3v) is 6.54. The zero-order valence-corrected chi connectivity index (χ0v) is 18.8. The van der Waals surface area contributed by atoms with E-state index < -0.39 is 28.3 Å². The van der Waals surface area contributed by atoms with Crippen molar-refractivity contribution in [2.45, 2.75) is 18.4 Å². The Hall–Kier alpha value is -3.85. The van der Waals surface area contributed by atoms with Crippen molar-refractivity contribution < 1.29 is 27.9 Å². The summed E-state index contributed by atoms with van der Waals surface area (Å²) in [6, 6.07) is 15.5. The molecule has 0 fully saturated rings. The van der Waals surface area contributed by atoms with Crippen molar-refractivity contribution in [3.8, 4) is 5.75 Å². The number of hydrogen-bond acceptors (Lipinski definition) is 5. The summed E-state index contributed by atoms with van der Waals surface area (Å²) in [6.45, 7) is 1.72. The highest BCUT2D eigenvalue weighted by molar-refractivity contribution is 7.90. The van der Waals surface area contributed by atoms with E-state index in [9.17, 15) is 18.0 Å². The Morgan fingerprint density at radius 2 is 1.73 bits per heavy atom. The summed E-state index contributed by atoms with van der Waals surface area (Å²) in [5.74, 6) is -1.38. The first kappa shape index (κ1) is 22.3. The Kier molecular flexibility index (Phi) is 5.59. The van der Waals surface area contributed by atoms with Crippen LogP contribution in [0.15, 0.2) is 59.5 Å². The van der Waals surface area contributed by atoms with Crippen molar-refractivity contribution in [1.82, 2.24) is 4.57 Å². The molecule has 4 rings (SSSR count). The van der Waals surface area contributed by atoms with Crippen LogP contribution >= 0.6 is 0 Å². The van der Waals surface area contributed by atoms with Crippen LogP contribution in [-0.4, -0.2) is 42.8 Å². The number of carbonyl (C=O) groups is 2. The summed E-state index contributed by atoms with van der Waals surface area (Å²) in [6.07, 6.45) is 1.15. The maximum atomic E-state index is 12.2. The fourth-order valence-corrected chi connectivity index (χ4v) is 4.64. The SMILES string of the molecule is Cc1cc(OCC(=O)O)c2c3c(C(N)=O)cccc3n(Cc3ccc(S(C)(=O)=O)cc3)c2c1. The first-order chi connectivity index (χ1) is 15.6. The zero-order chi connectivity index (χ0) is 23.9. The van der Waals surface area contributed by atoms with Crippen LogP contribution in [0.2, 0.25) is 0 Å². The number of aromatic nitrogens is 1. The predicted octanol–water partition coefficient (Wildman–Crippen LogP) is 3.12. The van der Waals surface area contributed by atoms with E-state index in [2.05, 4.69) is 0 Å². The number of fused-ring (bicyclic) bond motifs is 3. The highest BCUT2D eigenvalue weighted by atomic mass is 32.2. The minimum atomic E-state index is -3.31. The van der Waals surface area contributed by atoms with Gasteiger partial charge in [-0.05, 0) is 54.4 Å². The third-order valence-electron chi connectivity index (χ3n) is 5.41. The van der Waals surface area contributed by atoms with Gasteiger partial charge in [-0.1, -0.05) is 18.2 Å². The number of nitrogens with zero attached hydrogens (tertiary/aromatic N) is 1. The number of carbonyl (C=O) groups excluding carboxylic acids is 1. The normalized spacial score (nSPS) is 11.7. The van der Waals surface area contributed by atoms with Crippen LogP contribution in [0.4, 0.5) is 0 Å². The van der Waals surface area contributed by atoms with Gasteiger partial charge < -0.3 is 20.1 Å². The average Bonchev–Trinajstić information content (AvgIpc) is 3.05. The van der Waals surface area contributed by atoms with Crippen molar-refractivity contribution >= 4 is 43.5 Å². The number of primary amides is 1. The van der Waals surface area contributed by atoms with Crippen LogP contribution in [0.25, 0.3) is 21.8 Å². The molecule has 0 aliphatic heterocycles. The van der Waals surface area contributed by atoms with Crippen molar-refractivity contribution in [1.29, 1.82) is 0 Å².